The van der Waals surface area contributed by atoms with Crippen LogP contribution in [0.25, 0.3) is 0 Å². The van der Waals surface area contributed by atoms with E-state index in [-0.39, 0.29) is 5.56 Å². The maximum absolute atomic E-state index is 13.7. The number of aliphatic hydroxyl groups excluding tert-OH is 1. The van der Waals surface area contributed by atoms with E-state index in [9.17, 15) is 9.50 Å². The molecule has 1 aromatic rings. The lowest BCUT2D eigenvalue weighted by atomic mass is 10.0. The largest absolute Gasteiger partial charge is 0.386 e. The number of morpholine rings is 1. The van der Waals surface area contributed by atoms with Crippen molar-refractivity contribution >= 4 is 11.6 Å². The standard InChI is InChI=1S/C13H17ClFNO2/c1-2-16-5-6-18-12(8-16)13(17)10-4-3-9(14)7-11(10)15/h3-4,7,12-13,17H,2,5-6,8H2,1H3. The lowest BCUT2D eigenvalue weighted by Gasteiger charge is -2.34. The number of likely N-dealkylation sites (N-methyl/N-ethyl adjacent to an activating group) is 1. The van der Waals surface area contributed by atoms with E-state index in [1.54, 1.807) is 6.07 Å². The van der Waals surface area contributed by atoms with Gasteiger partial charge in [-0.3, -0.25) is 4.90 Å². The van der Waals surface area contributed by atoms with Gasteiger partial charge < -0.3 is 9.84 Å². The van der Waals surface area contributed by atoms with Gasteiger partial charge >= 0.3 is 0 Å². The number of halogens is 2. The third-order valence-electron chi connectivity index (χ3n) is 3.26. The quantitative estimate of drug-likeness (QED) is 0.917. The molecule has 100 valence electrons. The lowest BCUT2D eigenvalue weighted by molar-refractivity contribution is -0.0897. The average molecular weight is 274 g/mol. The molecule has 0 radical (unpaired) electrons. The first-order valence-corrected chi connectivity index (χ1v) is 6.46. The van der Waals surface area contributed by atoms with Gasteiger partial charge in [-0.15, -0.1) is 0 Å². The monoisotopic (exact) mass is 273 g/mol. The van der Waals surface area contributed by atoms with Gasteiger partial charge in [0.25, 0.3) is 0 Å². The number of hydrogen-bond acceptors (Lipinski definition) is 3. The molecule has 2 atom stereocenters. The van der Waals surface area contributed by atoms with E-state index in [0.717, 1.165) is 13.1 Å². The summed E-state index contributed by atoms with van der Waals surface area (Å²) in [6, 6.07) is 4.29. The van der Waals surface area contributed by atoms with Crippen LogP contribution in [-0.4, -0.2) is 42.4 Å². The second-order valence-electron chi connectivity index (χ2n) is 4.41. The number of aliphatic hydroxyl groups is 1. The summed E-state index contributed by atoms with van der Waals surface area (Å²) in [6.07, 6.45) is -1.36. The van der Waals surface area contributed by atoms with Crippen molar-refractivity contribution < 1.29 is 14.2 Å². The van der Waals surface area contributed by atoms with E-state index < -0.39 is 18.0 Å². The molecule has 2 rings (SSSR count). The smallest absolute Gasteiger partial charge is 0.130 e. The van der Waals surface area contributed by atoms with Gasteiger partial charge in [0.05, 0.1) is 6.61 Å². The molecule has 1 saturated heterocycles. The lowest BCUT2D eigenvalue weighted by Crippen LogP contribution is -2.44. The summed E-state index contributed by atoms with van der Waals surface area (Å²) in [4.78, 5) is 2.17. The van der Waals surface area contributed by atoms with E-state index in [0.29, 0.717) is 18.2 Å². The van der Waals surface area contributed by atoms with E-state index in [4.69, 9.17) is 16.3 Å². The van der Waals surface area contributed by atoms with E-state index in [2.05, 4.69) is 11.8 Å². The van der Waals surface area contributed by atoms with Crippen LogP contribution in [0.3, 0.4) is 0 Å². The Morgan fingerprint density at radius 3 is 3.06 bits per heavy atom. The van der Waals surface area contributed by atoms with Crippen molar-refractivity contribution in [2.45, 2.75) is 19.1 Å². The van der Waals surface area contributed by atoms with Crippen molar-refractivity contribution in [1.29, 1.82) is 0 Å². The normalized spacial score (nSPS) is 23.0. The van der Waals surface area contributed by atoms with Crippen LogP contribution >= 0.6 is 11.6 Å². The highest BCUT2D eigenvalue weighted by Gasteiger charge is 2.28. The summed E-state index contributed by atoms with van der Waals surface area (Å²) in [6.45, 7) is 4.97. The highest BCUT2D eigenvalue weighted by molar-refractivity contribution is 6.30. The summed E-state index contributed by atoms with van der Waals surface area (Å²) in [5.41, 5.74) is 0.238. The molecule has 1 aliphatic heterocycles. The van der Waals surface area contributed by atoms with Crippen LogP contribution in [0.15, 0.2) is 18.2 Å². The van der Waals surface area contributed by atoms with Gasteiger partial charge in [-0.2, -0.15) is 0 Å². The van der Waals surface area contributed by atoms with Gasteiger partial charge in [-0.25, -0.2) is 4.39 Å². The van der Waals surface area contributed by atoms with E-state index in [1.807, 2.05) is 0 Å². The Bertz CT molecular complexity index is 416. The minimum absolute atomic E-state index is 0.238. The molecule has 3 nitrogen and oxygen atoms in total. The number of hydrogen-bond donors (Lipinski definition) is 1. The Morgan fingerprint density at radius 1 is 1.61 bits per heavy atom. The molecule has 1 N–H and O–H groups in total. The van der Waals surface area contributed by atoms with Crippen molar-refractivity contribution in [2.24, 2.45) is 0 Å². The fourth-order valence-corrected chi connectivity index (χ4v) is 2.31. The molecule has 0 aromatic heterocycles. The summed E-state index contributed by atoms with van der Waals surface area (Å²) in [5, 5.41) is 10.5. The third-order valence-corrected chi connectivity index (χ3v) is 3.49. The zero-order valence-electron chi connectivity index (χ0n) is 10.3. The Balaban J connectivity index is 2.12. The van der Waals surface area contributed by atoms with Gasteiger partial charge in [-0.05, 0) is 18.7 Å². The van der Waals surface area contributed by atoms with Crippen LogP contribution < -0.4 is 0 Å². The zero-order chi connectivity index (χ0) is 13.1. The second-order valence-corrected chi connectivity index (χ2v) is 4.85. The van der Waals surface area contributed by atoms with Gasteiger partial charge in [0.2, 0.25) is 0 Å². The molecule has 18 heavy (non-hydrogen) atoms. The van der Waals surface area contributed by atoms with Crippen molar-refractivity contribution in [3.05, 3.63) is 34.6 Å². The van der Waals surface area contributed by atoms with Crippen molar-refractivity contribution in [3.8, 4) is 0 Å². The summed E-state index contributed by atoms with van der Waals surface area (Å²) in [5.74, 6) is -0.493. The number of ether oxygens (including phenoxy) is 1. The fourth-order valence-electron chi connectivity index (χ4n) is 2.15. The van der Waals surface area contributed by atoms with Gasteiger partial charge in [0.1, 0.15) is 18.0 Å². The van der Waals surface area contributed by atoms with Crippen LogP contribution in [0.5, 0.6) is 0 Å². The van der Waals surface area contributed by atoms with Crippen LogP contribution in [0, 0.1) is 5.82 Å². The Labute approximate surface area is 111 Å². The molecule has 1 aliphatic rings. The minimum Gasteiger partial charge on any atom is -0.386 e. The van der Waals surface area contributed by atoms with Crippen LogP contribution in [0.1, 0.15) is 18.6 Å². The highest BCUT2D eigenvalue weighted by atomic mass is 35.5. The molecule has 2 unspecified atom stereocenters. The SMILES string of the molecule is CCN1CCOC(C(O)c2ccc(Cl)cc2F)C1. The zero-order valence-corrected chi connectivity index (χ0v) is 11.0. The van der Waals surface area contributed by atoms with Crippen LogP contribution in [0.2, 0.25) is 5.02 Å². The predicted octanol–water partition coefficient (Wildman–Crippen LogP) is 2.23. The molecule has 0 aliphatic carbocycles. The Morgan fingerprint density at radius 2 is 2.39 bits per heavy atom. The molecule has 0 bridgehead atoms. The molecule has 1 fully saturated rings. The number of nitrogens with zero attached hydrogens (tertiary/aromatic N) is 1. The molecular formula is C13H17ClFNO2. The molecule has 1 heterocycles. The predicted molar refractivity (Wildman–Crippen MR) is 68.2 cm³/mol. The first-order valence-electron chi connectivity index (χ1n) is 6.08. The fraction of sp³-hybridized carbons (Fsp3) is 0.538. The van der Waals surface area contributed by atoms with Gasteiger partial charge in [0.15, 0.2) is 0 Å². The maximum Gasteiger partial charge on any atom is 0.130 e. The summed E-state index contributed by atoms with van der Waals surface area (Å²) >= 11 is 5.69. The molecule has 0 spiro atoms. The first kappa shape index (κ1) is 13.7. The number of rotatable bonds is 3. The Kier molecular flexibility index (Phi) is 4.56. The molecule has 5 heteroatoms. The van der Waals surface area contributed by atoms with E-state index in [1.165, 1.54) is 12.1 Å². The van der Waals surface area contributed by atoms with Crippen molar-refractivity contribution in [1.82, 2.24) is 4.90 Å². The summed E-state index contributed by atoms with van der Waals surface area (Å²) < 4.78 is 19.2. The number of benzene rings is 1. The van der Waals surface area contributed by atoms with Crippen LogP contribution in [0.4, 0.5) is 4.39 Å². The topological polar surface area (TPSA) is 32.7 Å². The van der Waals surface area contributed by atoms with Gasteiger partial charge in [-0.1, -0.05) is 24.6 Å². The second kappa shape index (κ2) is 5.97. The molecular weight excluding hydrogens is 257 g/mol. The van der Waals surface area contributed by atoms with Crippen molar-refractivity contribution in [2.75, 3.05) is 26.2 Å². The maximum atomic E-state index is 13.7. The Hall–Kier alpha value is -0.680. The summed E-state index contributed by atoms with van der Waals surface area (Å²) in [7, 11) is 0. The highest BCUT2D eigenvalue weighted by Crippen LogP contribution is 2.26. The molecule has 1 aromatic carbocycles. The van der Waals surface area contributed by atoms with E-state index >= 15 is 0 Å². The third kappa shape index (κ3) is 3.01. The van der Waals surface area contributed by atoms with Gasteiger partial charge in [0, 0.05) is 23.7 Å². The minimum atomic E-state index is -0.961. The van der Waals surface area contributed by atoms with Crippen LogP contribution in [-0.2, 0) is 4.74 Å². The average Bonchev–Trinajstić information content (AvgIpc) is 2.38. The molecule has 0 amide bonds. The molecule has 0 saturated carbocycles. The first-order chi connectivity index (χ1) is 8.61. The van der Waals surface area contributed by atoms with Crippen molar-refractivity contribution in [3.63, 3.8) is 0 Å².